The molecule has 0 saturated heterocycles. The van der Waals surface area contributed by atoms with Gasteiger partial charge in [0.1, 0.15) is 61.0 Å². The summed E-state index contributed by atoms with van der Waals surface area (Å²) in [5, 5.41) is 273. The molecule has 0 aliphatic carbocycles. The van der Waals surface area contributed by atoms with E-state index in [9.17, 15) is 19.2 Å². The normalized spacial score (nSPS) is 9.88. The second-order valence-electron chi connectivity index (χ2n) is 20.4. The van der Waals surface area contributed by atoms with Crippen molar-refractivity contribution in [3.63, 3.8) is 0 Å². The maximum Gasteiger partial charge on any atom is 0.303 e. The lowest BCUT2D eigenvalue weighted by atomic mass is 10.1. The van der Waals surface area contributed by atoms with Gasteiger partial charge in [0, 0.05) is 25.7 Å². The molecule has 0 bridgehead atoms. The Kier molecular flexibility index (Phi) is 162. The van der Waals surface area contributed by atoms with Gasteiger partial charge < -0.3 is 174 Å². The van der Waals surface area contributed by atoms with Crippen LogP contribution in [0, 0.1) is 0 Å². The summed E-state index contributed by atoms with van der Waals surface area (Å²) in [6.07, 6.45) is 14.0. The van der Waals surface area contributed by atoms with Gasteiger partial charge in [-0.15, -0.1) is 0 Å². The van der Waals surface area contributed by atoms with Crippen molar-refractivity contribution in [2.75, 3.05) is 132 Å². The molecule has 0 aromatic rings. The summed E-state index contributed by atoms with van der Waals surface area (Å²) in [6.45, 7) is 1.31. The first kappa shape index (κ1) is 129. The van der Waals surface area contributed by atoms with Gasteiger partial charge >= 0.3 is 23.9 Å². The Morgan fingerprint density at radius 3 is 0.300 bits per heavy atom. The second-order valence-corrected chi connectivity index (χ2v) is 20.4. The van der Waals surface area contributed by atoms with E-state index in [4.69, 9.17) is 174 Å². The van der Waals surface area contributed by atoms with E-state index in [1.807, 2.05) is 0 Å². The zero-order valence-electron chi connectivity index (χ0n) is 59.7. The number of aliphatic carboxylic acids is 4. The molecule has 34 N–H and O–H groups in total. The van der Waals surface area contributed by atoms with Crippen LogP contribution in [-0.4, -0.2) is 391 Å². The van der Waals surface area contributed by atoms with Crippen LogP contribution in [0.5, 0.6) is 0 Å². The highest BCUT2D eigenvalue weighted by molar-refractivity contribution is 5.67. The van der Waals surface area contributed by atoms with Gasteiger partial charge in [0.25, 0.3) is 0 Å². The third kappa shape index (κ3) is 199. The van der Waals surface area contributed by atoms with Gasteiger partial charge in [0.15, 0.2) is 0 Å². The molecule has 0 heterocycles. The first-order valence-corrected chi connectivity index (χ1v) is 33.0. The van der Waals surface area contributed by atoms with Crippen molar-refractivity contribution in [2.45, 2.75) is 243 Å². The molecular weight excluding hydrogens is 1350 g/mol. The third-order valence-electron chi connectivity index (χ3n) is 10.2. The molecule has 0 unspecified atom stereocenters. The molecule has 0 radical (unpaired) electrons. The second kappa shape index (κ2) is 125. The maximum absolute atomic E-state index is 10.0. The largest absolute Gasteiger partial charge is 0.481 e. The van der Waals surface area contributed by atoms with Crippen molar-refractivity contribution >= 4 is 23.9 Å². The van der Waals surface area contributed by atoms with Crippen LogP contribution >= 0.6 is 0 Å². The van der Waals surface area contributed by atoms with Gasteiger partial charge in [-0.1, -0.05) is 130 Å². The van der Waals surface area contributed by atoms with Gasteiger partial charge in [-0.2, -0.15) is 0 Å². The number of unbranched alkanes of at least 4 members (excludes halogenated alkanes) is 16. The first-order valence-electron chi connectivity index (χ1n) is 33.0. The smallest absolute Gasteiger partial charge is 0.303 e. The maximum atomic E-state index is 10.0. The predicted octanol–water partition coefficient (Wildman–Crippen LogP) is -6.96. The highest BCUT2D eigenvalue weighted by atomic mass is 16.4. The fourth-order valence-electron chi connectivity index (χ4n) is 4.10. The minimum Gasteiger partial charge on any atom is -0.481 e. The average Bonchev–Trinajstić information content (AvgIpc) is 3.77. The fraction of sp³-hybridized carbons (Fsp3) is 0.935. The zero-order valence-corrected chi connectivity index (χ0v) is 59.7. The number of carboxylic acids is 4. The summed E-state index contributed by atoms with van der Waals surface area (Å²) in [4.78, 5) is 40.1. The Bertz CT molecular complexity index is 1070. The van der Waals surface area contributed by atoms with Crippen molar-refractivity contribution in [1.29, 1.82) is 0 Å². The Morgan fingerprint density at radius 2 is 0.250 bits per heavy atom. The Labute approximate surface area is 590 Å². The number of hydrogen-bond donors (Lipinski definition) is 34. The van der Waals surface area contributed by atoms with E-state index in [0.29, 0.717) is 25.7 Å². The predicted molar refractivity (Wildman–Crippen MR) is 366 cm³/mol. The number of hydrogen-bond acceptors (Lipinski definition) is 34. The summed E-state index contributed by atoms with van der Waals surface area (Å²) < 4.78 is 0. The topological polar surface area (TPSA) is 756 Å². The molecule has 0 aliphatic rings. The van der Waals surface area contributed by atoms with E-state index in [-0.39, 0.29) is 132 Å². The van der Waals surface area contributed by atoms with Crippen LogP contribution in [0.3, 0.4) is 0 Å². The van der Waals surface area contributed by atoms with Crippen molar-refractivity contribution in [1.82, 2.24) is 0 Å². The Balaban J connectivity index is -0.0000000668. The molecule has 100 heavy (non-hydrogen) atoms. The lowest BCUT2D eigenvalue weighted by Crippen LogP contribution is -2.15. The fourth-order valence-corrected chi connectivity index (χ4v) is 4.10. The molecule has 38 nitrogen and oxygen atoms in total. The lowest BCUT2D eigenvalue weighted by Gasteiger charge is -1.96. The molecule has 0 atom stereocenters. The summed E-state index contributed by atoms with van der Waals surface area (Å²) in [5.74, 6) is -2.68. The Hall–Kier alpha value is -3.32. The average molecular weight is 1500 g/mol. The van der Waals surface area contributed by atoms with Crippen molar-refractivity contribution in [2.24, 2.45) is 0 Å². The van der Waals surface area contributed by atoms with E-state index in [0.717, 1.165) is 51.4 Å². The van der Waals surface area contributed by atoms with Gasteiger partial charge in [-0.25, -0.2) is 0 Å². The van der Waals surface area contributed by atoms with Crippen LogP contribution in [0.1, 0.15) is 182 Å². The van der Waals surface area contributed by atoms with Crippen LogP contribution in [0.4, 0.5) is 0 Å². The molecule has 0 amide bonds. The summed E-state index contributed by atoms with van der Waals surface area (Å²) in [6, 6.07) is 0. The van der Waals surface area contributed by atoms with E-state index in [2.05, 4.69) is 27.7 Å². The minimum absolute atomic E-state index is 0.337. The number of aliphatic hydroxyl groups excluding tert-OH is 30. The van der Waals surface area contributed by atoms with Gasteiger partial charge in [0.05, 0.1) is 132 Å². The number of aliphatic hydroxyl groups is 30. The molecule has 0 saturated carbocycles. The van der Waals surface area contributed by atoms with Gasteiger partial charge in [-0.05, 0) is 25.7 Å². The Morgan fingerprint density at radius 1 is 0.170 bits per heavy atom. The standard InChI is InChI=1S/4C8H16O2.10C3H8O3/c4*1-2-3-4-5-6-7-8(9)10;10*4-1-3(6)2-5/h4*2-7H2,1H3,(H,9,10);10*3-6H,1-2H2. The van der Waals surface area contributed by atoms with Crippen molar-refractivity contribution in [3.8, 4) is 0 Å². The van der Waals surface area contributed by atoms with Crippen LogP contribution < -0.4 is 0 Å². The third-order valence-corrected chi connectivity index (χ3v) is 10.2. The van der Waals surface area contributed by atoms with Crippen LogP contribution in [-0.2, 0) is 19.2 Å². The highest BCUT2D eigenvalue weighted by Gasteiger charge is 2.01. The molecule has 38 heteroatoms. The SMILES string of the molecule is CCCCCCCC(=O)O.CCCCCCCC(=O)O.CCCCCCCC(=O)O.CCCCCCCC(=O)O.OCC(O)CO.OCC(O)CO.OCC(O)CO.OCC(O)CO.OCC(O)CO.OCC(O)CO.OCC(O)CO.OCC(O)CO.OCC(O)CO.OCC(O)CO. The van der Waals surface area contributed by atoms with Crippen molar-refractivity contribution in [3.05, 3.63) is 0 Å². The lowest BCUT2D eigenvalue weighted by molar-refractivity contribution is -0.138. The molecule has 0 aromatic carbocycles. The number of rotatable bonds is 44. The molecule has 0 aliphatic heterocycles. The first-order chi connectivity index (χ1) is 47.2. The van der Waals surface area contributed by atoms with Crippen LogP contribution in [0.25, 0.3) is 0 Å². The van der Waals surface area contributed by atoms with E-state index in [1.54, 1.807) is 0 Å². The molecule has 0 spiro atoms. The number of carbonyl (C=O) groups is 4. The number of carboxylic acid groups (broad SMARTS) is 4. The van der Waals surface area contributed by atoms with E-state index in [1.165, 1.54) is 77.0 Å². The monoisotopic (exact) mass is 1500 g/mol. The molecule has 0 fully saturated rings. The molecule has 620 valence electrons. The highest BCUT2D eigenvalue weighted by Crippen LogP contribution is 2.07. The minimum atomic E-state index is -0.954. The summed E-state index contributed by atoms with van der Waals surface area (Å²) in [5.41, 5.74) is 0. The molecule has 0 rings (SSSR count). The molecular formula is C62H144O38. The molecule has 0 aromatic heterocycles. The van der Waals surface area contributed by atoms with E-state index < -0.39 is 84.9 Å². The van der Waals surface area contributed by atoms with Gasteiger partial charge in [-0.3, -0.25) is 19.2 Å². The van der Waals surface area contributed by atoms with Crippen LogP contribution in [0.2, 0.25) is 0 Å². The summed E-state index contributed by atoms with van der Waals surface area (Å²) in [7, 11) is 0. The summed E-state index contributed by atoms with van der Waals surface area (Å²) >= 11 is 0. The van der Waals surface area contributed by atoms with Gasteiger partial charge in [0.2, 0.25) is 0 Å². The quantitative estimate of drug-likeness (QED) is 0.0252. The van der Waals surface area contributed by atoms with Crippen molar-refractivity contribution < 1.29 is 193 Å². The zero-order chi connectivity index (χ0) is 81.2. The van der Waals surface area contributed by atoms with Crippen LogP contribution in [0.15, 0.2) is 0 Å². The van der Waals surface area contributed by atoms with E-state index >= 15 is 0 Å².